The minimum atomic E-state index is -1.69. The number of methoxy groups -OCH3 is 1. The molecule has 156 valence electrons. The Hall–Kier alpha value is -0.440. The second kappa shape index (κ2) is 7.11. The second-order valence-electron chi connectivity index (χ2n) is 7.64. The van der Waals surface area contributed by atoms with Crippen molar-refractivity contribution in [3.8, 4) is 0 Å². The Bertz CT molecular complexity index is 546. The van der Waals surface area contributed by atoms with Gasteiger partial charge in [0.15, 0.2) is 18.9 Å². The first kappa shape index (κ1) is 19.9. The van der Waals surface area contributed by atoms with Crippen LogP contribution in [-0.4, -0.2) is 112 Å². The molecule has 4 aliphatic heterocycles. The van der Waals surface area contributed by atoms with E-state index in [1.54, 1.807) is 0 Å². The third-order valence-corrected chi connectivity index (χ3v) is 6.22. The fourth-order valence-electron chi connectivity index (χ4n) is 4.77. The highest BCUT2D eigenvalue weighted by Gasteiger charge is 2.68. The average molecular weight is 394 g/mol. The molecule has 4 saturated heterocycles. The highest BCUT2D eigenvalue weighted by atomic mass is 16.8. The molecule has 11 heteroatoms. The van der Waals surface area contributed by atoms with Crippen molar-refractivity contribution in [1.29, 1.82) is 0 Å². The summed E-state index contributed by atoms with van der Waals surface area (Å²) in [6.07, 6.45) is -10.6. The molecule has 0 unspecified atom stereocenters. The van der Waals surface area contributed by atoms with Crippen molar-refractivity contribution in [3.63, 3.8) is 0 Å². The van der Waals surface area contributed by atoms with E-state index in [2.05, 4.69) is 0 Å². The Morgan fingerprint density at radius 3 is 2.44 bits per heavy atom. The van der Waals surface area contributed by atoms with Gasteiger partial charge >= 0.3 is 0 Å². The van der Waals surface area contributed by atoms with Crippen molar-refractivity contribution in [3.05, 3.63) is 0 Å². The lowest BCUT2D eigenvalue weighted by Gasteiger charge is -2.44. The van der Waals surface area contributed by atoms with Crippen LogP contribution in [0.5, 0.6) is 0 Å². The van der Waals surface area contributed by atoms with E-state index in [0.717, 1.165) is 0 Å². The number of ether oxygens (including phenoxy) is 5. The molecule has 6 N–H and O–H groups in total. The first-order valence-corrected chi connectivity index (χ1v) is 8.98. The fourth-order valence-corrected chi connectivity index (χ4v) is 4.77. The van der Waals surface area contributed by atoms with Crippen molar-refractivity contribution in [1.82, 2.24) is 0 Å². The lowest BCUT2D eigenvalue weighted by atomic mass is 9.82. The third kappa shape index (κ3) is 2.93. The lowest BCUT2D eigenvalue weighted by molar-refractivity contribution is -0.371. The van der Waals surface area contributed by atoms with Gasteiger partial charge in [-0.25, -0.2) is 0 Å². The summed E-state index contributed by atoms with van der Waals surface area (Å²) in [5.41, 5.74) is -1.69. The van der Waals surface area contributed by atoms with Crippen molar-refractivity contribution in [2.75, 3.05) is 20.3 Å². The van der Waals surface area contributed by atoms with Crippen molar-refractivity contribution < 1.29 is 54.3 Å². The number of aliphatic hydroxyl groups excluding tert-OH is 5. The smallest absolute Gasteiger partial charge is 0.189 e. The maximum atomic E-state index is 11.1. The van der Waals surface area contributed by atoms with Crippen LogP contribution in [0.3, 0.4) is 0 Å². The number of hydrogen-bond acceptors (Lipinski definition) is 11. The van der Waals surface area contributed by atoms with Gasteiger partial charge in [-0.2, -0.15) is 0 Å². The number of hydrogen-bond donors (Lipinski definition) is 6. The molecule has 0 spiro atoms. The molecule has 5 fully saturated rings. The maximum absolute atomic E-state index is 11.1. The molecule has 12 atom stereocenters. The van der Waals surface area contributed by atoms with E-state index < -0.39 is 73.6 Å². The van der Waals surface area contributed by atoms with Gasteiger partial charge in [0.1, 0.15) is 36.1 Å². The summed E-state index contributed by atoms with van der Waals surface area (Å²) in [6.45, 7) is -0.767. The summed E-state index contributed by atoms with van der Waals surface area (Å²) >= 11 is 0. The highest BCUT2D eigenvalue weighted by Crippen LogP contribution is 2.53. The van der Waals surface area contributed by atoms with E-state index in [-0.39, 0.29) is 12.5 Å². The van der Waals surface area contributed by atoms with Crippen LogP contribution >= 0.6 is 0 Å². The molecule has 5 aliphatic rings. The van der Waals surface area contributed by atoms with Gasteiger partial charge in [0.2, 0.25) is 0 Å². The number of aliphatic hydroxyl groups is 6. The first-order valence-electron chi connectivity index (χ1n) is 8.98. The van der Waals surface area contributed by atoms with Crippen LogP contribution in [0.2, 0.25) is 0 Å². The van der Waals surface area contributed by atoms with Crippen LogP contribution in [-0.2, 0) is 23.7 Å². The Morgan fingerprint density at radius 2 is 1.78 bits per heavy atom. The zero-order chi connectivity index (χ0) is 19.5. The van der Waals surface area contributed by atoms with Gasteiger partial charge in [-0.15, -0.1) is 0 Å². The Balaban J connectivity index is 1.58. The average Bonchev–Trinajstić information content (AvgIpc) is 2.76. The molecule has 11 nitrogen and oxygen atoms in total. The molecule has 0 radical (unpaired) electrons. The highest BCUT2D eigenvalue weighted by molar-refractivity contribution is 5.13. The van der Waals surface area contributed by atoms with Gasteiger partial charge in [-0.1, -0.05) is 0 Å². The largest absolute Gasteiger partial charge is 0.394 e. The molecule has 1 aliphatic carbocycles. The predicted molar refractivity (Wildman–Crippen MR) is 82.8 cm³/mol. The van der Waals surface area contributed by atoms with Crippen LogP contribution in [0.1, 0.15) is 6.42 Å². The molecule has 0 aromatic carbocycles. The predicted octanol–water partition coefficient (Wildman–Crippen LogP) is -3.74. The van der Waals surface area contributed by atoms with Crippen LogP contribution in [0.15, 0.2) is 0 Å². The van der Waals surface area contributed by atoms with Gasteiger partial charge in [-0.05, 0) is 0 Å². The SMILES string of the molecule is CO[C@H]1[C@@H]2C[C@@H]3OC[C@](O)([C@H]2[C@H](O[C@@H]2O[C@H](CO)[C@@H](O)[C@H](O)[C@H]2O)O3)[C@@H]1O. The van der Waals surface area contributed by atoms with Crippen LogP contribution in [0.25, 0.3) is 0 Å². The van der Waals surface area contributed by atoms with Gasteiger partial charge in [0, 0.05) is 25.4 Å². The monoisotopic (exact) mass is 394 g/mol. The summed E-state index contributed by atoms with van der Waals surface area (Å²) in [7, 11) is 1.44. The molecule has 5 rings (SSSR count). The van der Waals surface area contributed by atoms with E-state index in [1.807, 2.05) is 0 Å². The quantitative estimate of drug-likeness (QED) is 0.277. The van der Waals surface area contributed by atoms with Gasteiger partial charge < -0.3 is 54.3 Å². The molecule has 0 amide bonds. The second-order valence-corrected chi connectivity index (χ2v) is 7.64. The van der Waals surface area contributed by atoms with Crippen LogP contribution in [0, 0.1) is 11.8 Å². The minimum absolute atomic E-state index is 0.172. The Morgan fingerprint density at radius 1 is 1.04 bits per heavy atom. The minimum Gasteiger partial charge on any atom is -0.394 e. The molecule has 4 heterocycles. The van der Waals surface area contributed by atoms with Crippen LogP contribution < -0.4 is 0 Å². The standard InChI is InChI=1S/C16H26O11/c1-23-12-5-2-7-24-4-16(22,13(12)21)8(5)14(26-7)27-15-11(20)10(19)9(18)6(3-17)25-15/h5-15,17-22H,2-4H2,1H3/t5-,6-,7-,8-,9-,10+,11-,12+,13-,14+,15+,16+/m1/s1. The van der Waals surface area contributed by atoms with Crippen molar-refractivity contribution in [2.24, 2.45) is 11.8 Å². The molecule has 4 bridgehead atoms. The topological polar surface area (TPSA) is 168 Å². The Labute approximate surface area is 155 Å². The summed E-state index contributed by atoms with van der Waals surface area (Å²) in [4.78, 5) is 0. The number of rotatable bonds is 4. The summed E-state index contributed by atoms with van der Waals surface area (Å²) < 4.78 is 27.7. The van der Waals surface area contributed by atoms with Gasteiger partial charge in [0.25, 0.3) is 0 Å². The van der Waals surface area contributed by atoms with Crippen molar-refractivity contribution in [2.45, 2.75) is 67.5 Å². The van der Waals surface area contributed by atoms with Gasteiger partial charge in [0.05, 0.1) is 19.3 Å². The normalized spacial score (nSPS) is 57.7. The third-order valence-electron chi connectivity index (χ3n) is 6.22. The van der Waals surface area contributed by atoms with E-state index in [0.29, 0.717) is 6.42 Å². The fraction of sp³-hybridized carbons (Fsp3) is 1.00. The van der Waals surface area contributed by atoms with E-state index in [4.69, 9.17) is 23.7 Å². The number of fused-ring (bicyclic) bond motifs is 2. The Kier molecular flexibility index (Phi) is 5.23. The zero-order valence-electron chi connectivity index (χ0n) is 14.7. The van der Waals surface area contributed by atoms with E-state index >= 15 is 0 Å². The molecule has 0 aromatic heterocycles. The molecule has 0 aromatic rings. The lowest BCUT2D eigenvalue weighted by Crippen LogP contribution is -2.61. The molecule has 27 heavy (non-hydrogen) atoms. The van der Waals surface area contributed by atoms with Crippen molar-refractivity contribution >= 4 is 0 Å². The maximum Gasteiger partial charge on any atom is 0.189 e. The first-order chi connectivity index (χ1) is 12.8. The summed E-state index contributed by atoms with van der Waals surface area (Å²) in [5.74, 6) is -1.06. The molecule has 1 saturated carbocycles. The summed E-state index contributed by atoms with van der Waals surface area (Å²) in [6, 6.07) is 0. The van der Waals surface area contributed by atoms with Crippen LogP contribution in [0.4, 0.5) is 0 Å². The molecular weight excluding hydrogens is 368 g/mol. The van der Waals surface area contributed by atoms with Gasteiger partial charge in [-0.3, -0.25) is 0 Å². The van der Waals surface area contributed by atoms with E-state index in [9.17, 15) is 30.6 Å². The van der Waals surface area contributed by atoms with E-state index in [1.165, 1.54) is 7.11 Å². The summed E-state index contributed by atoms with van der Waals surface area (Å²) in [5, 5.41) is 60.9. The zero-order valence-corrected chi connectivity index (χ0v) is 14.7. The molecular formula is C16H26O11.